The van der Waals surface area contributed by atoms with Crippen molar-refractivity contribution in [3.8, 4) is 0 Å². The fraction of sp³-hybridized carbons (Fsp3) is 1.00. The van der Waals surface area contributed by atoms with Crippen LogP contribution in [0.4, 0.5) is 0 Å². The quantitative estimate of drug-likeness (QED) is 0.704. The minimum atomic E-state index is -3.26. The smallest absolute Gasteiger partial charge is 0.281 e. The van der Waals surface area contributed by atoms with Crippen LogP contribution >= 0.6 is 0 Å². The summed E-state index contributed by atoms with van der Waals surface area (Å²) in [6.07, 6.45) is 3.81. The second-order valence-electron chi connectivity index (χ2n) is 4.07. The molecule has 0 heterocycles. The van der Waals surface area contributed by atoms with Crippen molar-refractivity contribution in [3.63, 3.8) is 0 Å². The Morgan fingerprint density at radius 2 is 1.93 bits per heavy atom. The minimum absolute atomic E-state index is 0.204. The van der Waals surface area contributed by atoms with E-state index in [1.165, 1.54) is 8.61 Å². The Labute approximate surface area is 92.4 Å². The van der Waals surface area contributed by atoms with Gasteiger partial charge in [0.25, 0.3) is 10.2 Å². The Morgan fingerprint density at radius 3 is 2.33 bits per heavy atom. The molecule has 0 aromatic rings. The highest BCUT2D eigenvalue weighted by molar-refractivity contribution is 7.86. The van der Waals surface area contributed by atoms with Crippen LogP contribution in [0.15, 0.2) is 0 Å². The van der Waals surface area contributed by atoms with E-state index in [9.17, 15) is 8.42 Å². The lowest BCUT2D eigenvalue weighted by atomic mass is 9.94. The number of hydrogen-bond donors (Lipinski definition) is 1. The molecule has 0 aromatic carbocycles. The predicted molar refractivity (Wildman–Crippen MR) is 60.6 cm³/mol. The van der Waals surface area contributed by atoms with Crippen molar-refractivity contribution in [2.75, 3.05) is 27.2 Å². The average Bonchev–Trinajstić information content (AvgIpc) is 2.11. The molecule has 1 aliphatic carbocycles. The lowest BCUT2D eigenvalue weighted by Crippen LogP contribution is -2.47. The van der Waals surface area contributed by atoms with Gasteiger partial charge in [-0.05, 0) is 25.8 Å². The van der Waals surface area contributed by atoms with Crippen LogP contribution in [-0.2, 0) is 10.2 Å². The van der Waals surface area contributed by atoms with E-state index in [0.717, 1.165) is 19.3 Å². The largest absolute Gasteiger partial charge is 0.330 e. The van der Waals surface area contributed by atoms with E-state index in [1.807, 2.05) is 0 Å². The van der Waals surface area contributed by atoms with Crippen LogP contribution in [0, 0.1) is 0 Å². The van der Waals surface area contributed by atoms with Gasteiger partial charge in [-0.25, -0.2) is 0 Å². The molecule has 0 spiro atoms. The standard InChI is InChI=1S/C9H21N3O2S/c1-11(8-4-7-10)15(13,14)12(2)9-5-3-6-9/h9H,3-8,10H2,1-2H3. The zero-order valence-electron chi connectivity index (χ0n) is 9.52. The Bertz CT molecular complexity index is 288. The summed E-state index contributed by atoms with van der Waals surface area (Å²) in [4.78, 5) is 0. The van der Waals surface area contributed by atoms with Gasteiger partial charge in [0.15, 0.2) is 0 Å². The fourth-order valence-corrected chi connectivity index (χ4v) is 2.97. The van der Waals surface area contributed by atoms with E-state index >= 15 is 0 Å². The van der Waals surface area contributed by atoms with E-state index in [-0.39, 0.29) is 6.04 Å². The summed E-state index contributed by atoms with van der Waals surface area (Å²) in [7, 11) is 0.0158. The van der Waals surface area contributed by atoms with Gasteiger partial charge in [-0.1, -0.05) is 6.42 Å². The van der Waals surface area contributed by atoms with Crippen molar-refractivity contribution in [2.24, 2.45) is 5.73 Å². The normalized spacial score (nSPS) is 18.5. The third-order valence-corrected chi connectivity index (χ3v) is 5.02. The van der Waals surface area contributed by atoms with Gasteiger partial charge in [0.2, 0.25) is 0 Å². The second kappa shape index (κ2) is 5.25. The van der Waals surface area contributed by atoms with E-state index in [4.69, 9.17) is 5.73 Å². The van der Waals surface area contributed by atoms with Gasteiger partial charge >= 0.3 is 0 Å². The van der Waals surface area contributed by atoms with Crippen LogP contribution in [0.2, 0.25) is 0 Å². The molecular formula is C9H21N3O2S. The van der Waals surface area contributed by atoms with Crippen LogP contribution < -0.4 is 5.73 Å². The Hall–Kier alpha value is -0.170. The van der Waals surface area contributed by atoms with Gasteiger partial charge in [-0.3, -0.25) is 0 Å². The summed E-state index contributed by atoms with van der Waals surface area (Å²) < 4.78 is 26.8. The lowest BCUT2D eigenvalue weighted by Gasteiger charge is -2.36. The Kier molecular flexibility index (Phi) is 4.51. The molecule has 0 aliphatic heterocycles. The van der Waals surface area contributed by atoms with Gasteiger partial charge in [-0.15, -0.1) is 0 Å². The van der Waals surface area contributed by atoms with Crippen molar-refractivity contribution >= 4 is 10.2 Å². The molecule has 0 amide bonds. The zero-order chi connectivity index (χ0) is 11.5. The average molecular weight is 235 g/mol. The van der Waals surface area contributed by atoms with Gasteiger partial charge in [0.05, 0.1) is 0 Å². The van der Waals surface area contributed by atoms with Crippen molar-refractivity contribution in [2.45, 2.75) is 31.7 Å². The first-order valence-corrected chi connectivity index (χ1v) is 6.79. The third-order valence-electron chi connectivity index (χ3n) is 3.02. The summed E-state index contributed by atoms with van der Waals surface area (Å²) >= 11 is 0. The highest BCUT2D eigenvalue weighted by Crippen LogP contribution is 2.26. The summed E-state index contributed by atoms with van der Waals surface area (Å²) in [5, 5.41) is 0. The molecule has 1 fully saturated rings. The summed E-state index contributed by atoms with van der Waals surface area (Å²) in [6.45, 7) is 1.02. The van der Waals surface area contributed by atoms with Crippen LogP contribution in [0.25, 0.3) is 0 Å². The molecule has 2 N–H and O–H groups in total. The molecule has 90 valence electrons. The lowest BCUT2D eigenvalue weighted by molar-refractivity contribution is 0.236. The number of rotatable bonds is 6. The molecule has 1 aliphatic rings. The van der Waals surface area contributed by atoms with Crippen LogP contribution in [0.3, 0.4) is 0 Å². The van der Waals surface area contributed by atoms with Gasteiger partial charge in [0, 0.05) is 26.7 Å². The van der Waals surface area contributed by atoms with Crippen molar-refractivity contribution in [3.05, 3.63) is 0 Å². The number of nitrogens with two attached hydrogens (primary N) is 1. The Balaban J connectivity index is 2.55. The van der Waals surface area contributed by atoms with Crippen molar-refractivity contribution in [1.82, 2.24) is 8.61 Å². The van der Waals surface area contributed by atoms with Gasteiger partial charge in [-0.2, -0.15) is 17.0 Å². The fourth-order valence-electron chi connectivity index (χ4n) is 1.59. The monoisotopic (exact) mass is 235 g/mol. The molecular weight excluding hydrogens is 214 g/mol. The summed E-state index contributed by atoms with van der Waals surface area (Å²) in [6, 6.07) is 0.204. The summed E-state index contributed by atoms with van der Waals surface area (Å²) in [5.41, 5.74) is 5.36. The number of nitrogens with zero attached hydrogens (tertiary/aromatic N) is 2. The summed E-state index contributed by atoms with van der Waals surface area (Å²) in [5.74, 6) is 0. The van der Waals surface area contributed by atoms with Crippen molar-refractivity contribution in [1.29, 1.82) is 0 Å². The maximum atomic E-state index is 12.0. The van der Waals surface area contributed by atoms with Gasteiger partial charge < -0.3 is 5.73 Å². The van der Waals surface area contributed by atoms with Crippen LogP contribution in [0.5, 0.6) is 0 Å². The SMILES string of the molecule is CN(CCCN)S(=O)(=O)N(C)C1CCC1. The molecule has 15 heavy (non-hydrogen) atoms. The molecule has 0 atom stereocenters. The van der Waals surface area contributed by atoms with Crippen LogP contribution in [0.1, 0.15) is 25.7 Å². The molecule has 5 nitrogen and oxygen atoms in total. The third kappa shape index (κ3) is 2.90. The minimum Gasteiger partial charge on any atom is -0.330 e. The zero-order valence-corrected chi connectivity index (χ0v) is 10.3. The number of hydrogen-bond acceptors (Lipinski definition) is 3. The molecule has 0 aromatic heterocycles. The van der Waals surface area contributed by atoms with E-state index < -0.39 is 10.2 Å². The Morgan fingerprint density at radius 1 is 1.33 bits per heavy atom. The first kappa shape index (κ1) is 12.9. The van der Waals surface area contributed by atoms with Crippen molar-refractivity contribution < 1.29 is 8.42 Å². The molecule has 0 bridgehead atoms. The molecule has 0 saturated heterocycles. The van der Waals surface area contributed by atoms with E-state index in [2.05, 4.69) is 0 Å². The second-order valence-corrected chi connectivity index (χ2v) is 6.17. The van der Waals surface area contributed by atoms with E-state index in [1.54, 1.807) is 14.1 Å². The maximum Gasteiger partial charge on any atom is 0.281 e. The van der Waals surface area contributed by atoms with Gasteiger partial charge in [0.1, 0.15) is 0 Å². The molecule has 1 rings (SSSR count). The molecule has 1 saturated carbocycles. The first-order valence-electron chi connectivity index (χ1n) is 5.39. The van der Waals surface area contributed by atoms with E-state index in [0.29, 0.717) is 19.5 Å². The molecule has 6 heteroatoms. The molecule has 0 unspecified atom stereocenters. The predicted octanol–water partition coefficient (Wildman–Crippen LogP) is -0.00390. The highest BCUT2D eigenvalue weighted by Gasteiger charge is 2.32. The first-order chi connectivity index (χ1) is 7.00. The molecule has 0 radical (unpaired) electrons. The topological polar surface area (TPSA) is 66.6 Å². The van der Waals surface area contributed by atoms with Crippen LogP contribution in [-0.4, -0.2) is 50.3 Å². The maximum absolute atomic E-state index is 12.0. The highest BCUT2D eigenvalue weighted by atomic mass is 32.2.